The van der Waals surface area contributed by atoms with Crippen molar-refractivity contribution in [3.8, 4) is 135 Å². The molecule has 0 aliphatic rings. The summed E-state index contributed by atoms with van der Waals surface area (Å²) in [5, 5.41) is 9.86. The summed E-state index contributed by atoms with van der Waals surface area (Å²) in [6.07, 6.45) is 0. The molecule has 0 unspecified atom stereocenters. The standard InChI is InChI=1S/C110H70N8/c1-9-28-101-89(20-1)90-21-2-10-29-102(90)115(101)85-60-52-79(53-61-85)99-69-97(111-109(113-99)81-56-64-87(65-57-81)117-105-32-13-5-24-93(105)94-25-6-14-33-106(94)117)77-48-44-73(45-49-77)71-36-40-75(41-37-71)83-18-17-19-84(68-83)76-42-38-72(39-43-76)74-46-50-78(51-47-74)98-70-100(80-54-62-86(63-55-80)116-103-30-11-3-22-91(103)92-23-4-12-31-104(92)116)114-110(112-98)82-58-66-88(67-59-82)118-107-34-15-7-26-95(107)96-27-8-16-35-108(96)118/h1-70H. The van der Waals surface area contributed by atoms with Gasteiger partial charge in [0.15, 0.2) is 11.6 Å². The van der Waals surface area contributed by atoms with Gasteiger partial charge in [0.2, 0.25) is 0 Å². The van der Waals surface area contributed by atoms with E-state index >= 15 is 0 Å². The maximum absolute atomic E-state index is 5.35. The first-order chi connectivity index (χ1) is 58.5. The number of hydrogen-bond acceptors (Lipinski definition) is 4. The van der Waals surface area contributed by atoms with E-state index < -0.39 is 0 Å². The lowest BCUT2D eigenvalue weighted by atomic mass is 9.95. The minimum absolute atomic E-state index is 0.659. The van der Waals surface area contributed by atoms with E-state index in [9.17, 15) is 0 Å². The van der Waals surface area contributed by atoms with E-state index in [-0.39, 0.29) is 0 Å². The Labute approximate surface area is 680 Å². The van der Waals surface area contributed by atoms with E-state index in [0.717, 1.165) is 123 Å². The summed E-state index contributed by atoms with van der Waals surface area (Å²) in [5.74, 6) is 1.32. The van der Waals surface area contributed by atoms with Crippen LogP contribution in [0.1, 0.15) is 0 Å². The Balaban J connectivity index is 0.513. The lowest BCUT2D eigenvalue weighted by molar-refractivity contribution is 1.16. The molecule has 0 bridgehead atoms. The molecule has 550 valence electrons. The highest BCUT2D eigenvalue weighted by atomic mass is 15.0. The summed E-state index contributed by atoms with van der Waals surface area (Å²) in [7, 11) is 0. The molecule has 8 nitrogen and oxygen atoms in total. The quantitative estimate of drug-likeness (QED) is 0.109. The van der Waals surface area contributed by atoms with Crippen LogP contribution in [0.3, 0.4) is 0 Å². The van der Waals surface area contributed by atoms with Crippen molar-refractivity contribution in [1.82, 2.24) is 38.2 Å². The Kier molecular flexibility index (Phi) is 16.1. The van der Waals surface area contributed by atoms with Gasteiger partial charge < -0.3 is 18.3 Å². The van der Waals surface area contributed by atoms with Crippen molar-refractivity contribution in [2.45, 2.75) is 0 Å². The first-order valence-electron chi connectivity index (χ1n) is 40.1. The zero-order valence-electron chi connectivity index (χ0n) is 64.0. The fraction of sp³-hybridized carbons (Fsp3) is 0. The van der Waals surface area contributed by atoms with Crippen LogP contribution in [-0.4, -0.2) is 38.2 Å². The van der Waals surface area contributed by atoms with E-state index in [2.05, 4.69) is 443 Å². The predicted octanol–water partition coefficient (Wildman–Crippen LogP) is 28.3. The van der Waals surface area contributed by atoms with Crippen LogP contribution in [-0.2, 0) is 0 Å². The summed E-state index contributed by atoms with van der Waals surface area (Å²) < 4.78 is 9.40. The minimum atomic E-state index is 0.659. The van der Waals surface area contributed by atoms with Crippen LogP contribution < -0.4 is 0 Å². The monoisotopic (exact) mass is 1500 g/mol. The van der Waals surface area contributed by atoms with Crippen molar-refractivity contribution in [3.05, 3.63) is 425 Å². The molecule has 0 atom stereocenters. The highest BCUT2D eigenvalue weighted by Crippen LogP contribution is 2.41. The topological polar surface area (TPSA) is 71.3 Å². The molecule has 0 aliphatic carbocycles. The molecule has 0 aliphatic heterocycles. The van der Waals surface area contributed by atoms with Crippen molar-refractivity contribution in [2.75, 3.05) is 0 Å². The normalized spacial score (nSPS) is 11.7. The molecule has 0 saturated heterocycles. The molecule has 0 radical (unpaired) electrons. The predicted molar refractivity (Wildman–Crippen MR) is 489 cm³/mol. The zero-order valence-corrected chi connectivity index (χ0v) is 64.0. The average Bonchev–Trinajstić information content (AvgIpc) is 1.61. The van der Waals surface area contributed by atoms with Gasteiger partial charge in [0.1, 0.15) is 0 Å². The van der Waals surface area contributed by atoms with E-state index in [1.54, 1.807) is 0 Å². The maximum atomic E-state index is 5.35. The van der Waals surface area contributed by atoms with Crippen molar-refractivity contribution in [2.24, 2.45) is 0 Å². The fourth-order valence-corrected chi connectivity index (χ4v) is 17.9. The van der Waals surface area contributed by atoms with Crippen LogP contribution in [0.5, 0.6) is 0 Å². The van der Waals surface area contributed by atoms with Gasteiger partial charge >= 0.3 is 0 Å². The lowest BCUT2D eigenvalue weighted by Gasteiger charge is -2.13. The fourth-order valence-electron chi connectivity index (χ4n) is 17.9. The average molecular weight is 1500 g/mol. The number of aromatic nitrogens is 8. The van der Waals surface area contributed by atoms with E-state index in [1.807, 2.05) is 0 Å². The minimum Gasteiger partial charge on any atom is -0.309 e. The molecule has 0 spiro atoms. The van der Waals surface area contributed by atoms with Gasteiger partial charge in [-0.3, -0.25) is 0 Å². The smallest absolute Gasteiger partial charge is 0.160 e. The van der Waals surface area contributed by atoms with Crippen molar-refractivity contribution >= 4 is 87.2 Å². The molecule has 8 heteroatoms. The van der Waals surface area contributed by atoms with Gasteiger partial charge in [-0.1, -0.05) is 285 Å². The van der Waals surface area contributed by atoms with Crippen molar-refractivity contribution in [3.63, 3.8) is 0 Å². The molecular formula is C110H70N8. The molecule has 17 aromatic carbocycles. The summed E-state index contributed by atoms with van der Waals surface area (Å²) in [5.41, 5.74) is 32.1. The molecule has 0 saturated carbocycles. The van der Waals surface area contributed by atoms with Crippen molar-refractivity contribution in [1.29, 1.82) is 0 Å². The Hall–Kier alpha value is -15.9. The van der Waals surface area contributed by atoms with Crippen LogP contribution in [0, 0.1) is 0 Å². The number of benzene rings is 17. The van der Waals surface area contributed by atoms with Gasteiger partial charge in [-0.15, -0.1) is 0 Å². The van der Waals surface area contributed by atoms with Crippen molar-refractivity contribution < 1.29 is 0 Å². The Morgan fingerprint density at radius 1 is 0.127 bits per heavy atom. The number of para-hydroxylation sites is 8. The molecule has 6 heterocycles. The van der Waals surface area contributed by atoms with Gasteiger partial charge in [0.25, 0.3) is 0 Å². The van der Waals surface area contributed by atoms with Gasteiger partial charge in [0, 0.05) is 99.2 Å². The molecule has 0 N–H and O–H groups in total. The van der Waals surface area contributed by atoms with E-state index in [1.165, 1.54) is 87.2 Å². The zero-order chi connectivity index (χ0) is 77.7. The Morgan fingerprint density at radius 3 is 0.508 bits per heavy atom. The van der Waals surface area contributed by atoms with E-state index in [4.69, 9.17) is 19.9 Å². The van der Waals surface area contributed by atoms with Crippen LogP contribution in [0.15, 0.2) is 425 Å². The molecule has 0 amide bonds. The summed E-state index contributed by atoms with van der Waals surface area (Å²) in [4.78, 5) is 21.4. The molecule has 6 aromatic heterocycles. The highest BCUT2D eigenvalue weighted by molar-refractivity contribution is 6.12. The summed E-state index contributed by atoms with van der Waals surface area (Å²) in [6, 6.07) is 153. The number of fused-ring (bicyclic) bond motifs is 12. The number of nitrogens with zero attached hydrogens (tertiary/aromatic N) is 8. The molecule has 0 fully saturated rings. The third-order valence-electron chi connectivity index (χ3n) is 23.7. The van der Waals surface area contributed by atoms with Crippen LogP contribution in [0.2, 0.25) is 0 Å². The third-order valence-corrected chi connectivity index (χ3v) is 23.7. The van der Waals surface area contributed by atoms with Gasteiger partial charge in [-0.05, 0) is 184 Å². The SMILES string of the molecule is c1cc(-c2ccc(-c3ccc(-c4cc(-c5ccc(-n6c7ccccc7c7ccccc76)cc5)nc(-c5ccc(-n6c7ccccc7c7ccccc76)cc5)n4)cc3)cc2)cc(-c2ccc(-c3ccc(-c4cc(-c5ccc(-n6c7ccccc7c7ccccc76)cc5)nc(-c5ccc(-n6c7ccccc7c7ccccc76)cc5)n4)cc3)cc2)c1. The summed E-state index contributed by atoms with van der Waals surface area (Å²) in [6.45, 7) is 0. The first kappa shape index (κ1) is 67.8. The Bertz CT molecular complexity index is 6820. The summed E-state index contributed by atoms with van der Waals surface area (Å²) >= 11 is 0. The van der Waals surface area contributed by atoms with Gasteiger partial charge in [-0.25, -0.2) is 19.9 Å². The number of hydrogen-bond donors (Lipinski definition) is 0. The van der Waals surface area contributed by atoms with Gasteiger partial charge in [0.05, 0.1) is 66.9 Å². The van der Waals surface area contributed by atoms with Crippen LogP contribution in [0.4, 0.5) is 0 Å². The number of rotatable bonds is 14. The third kappa shape index (κ3) is 11.7. The van der Waals surface area contributed by atoms with Crippen LogP contribution in [0.25, 0.3) is 222 Å². The largest absolute Gasteiger partial charge is 0.309 e. The van der Waals surface area contributed by atoms with E-state index in [0.29, 0.717) is 11.6 Å². The molecular weight excluding hydrogens is 1430 g/mol. The second-order valence-electron chi connectivity index (χ2n) is 30.5. The Morgan fingerprint density at radius 2 is 0.297 bits per heavy atom. The lowest BCUT2D eigenvalue weighted by Crippen LogP contribution is -1.98. The molecule has 23 aromatic rings. The first-order valence-corrected chi connectivity index (χ1v) is 40.1. The molecule has 23 rings (SSSR count). The second-order valence-corrected chi connectivity index (χ2v) is 30.5. The maximum Gasteiger partial charge on any atom is 0.160 e. The second kappa shape index (κ2) is 28.0. The molecule has 118 heavy (non-hydrogen) atoms. The highest BCUT2D eigenvalue weighted by Gasteiger charge is 2.21. The van der Waals surface area contributed by atoms with Crippen LogP contribution >= 0.6 is 0 Å². The van der Waals surface area contributed by atoms with Gasteiger partial charge in [-0.2, -0.15) is 0 Å².